The van der Waals surface area contributed by atoms with Crippen molar-refractivity contribution in [3.05, 3.63) is 29.6 Å². The number of nitrogens with one attached hydrogen (secondary N) is 1. The molecule has 5 heteroatoms. The van der Waals surface area contributed by atoms with Gasteiger partial charge in [0.15, 0.2) is 0 Å². The van der Waals surface area contributed by atoms with Crippen LogP contribution in [0.15, 0.2) is 18.2 Å². The molecule has 0 radical (unpaired) electrons. The molecule has 1 N–H and O–H groups in total. The van der Waals surface area contributed by atoms with E-state index in [1.54, 1.807) is 12.1 Å². The molecule has 0 spiro atoms. The summed E-state index contributed by atoms with van der Waals surface area (Å²) < 4.78 is 13.5. The average molecular weight is 236 g/mol. The molecule has 0 aromatic heterocycles. The summed E-state index contributed by atoms with van der Waals surface area (Å²) in [5.41, 5.74) is 1.14. The number of imide groups is 1. The second-order valence-corrected chi connectivity index (χ2v) is 4.18. The average Bonchev–Trinajstić information content (AvgIpc) is 2.52. The number of benzene rings is 1. The number of likely N-dealkylation sites (N-methyl/N-ethyl adjacent to an activating group) is 1. The monoisotopic (exact) mass is 236 g/mol. The normalized spacial score (nSPS) is 19.9. The third-order valence-electron chi connectivity index (χ3n) is 2.83. The molecule has 1 unspecified atom stereocenters. The first-order valence-corrected chi connectivity index (χ1v) is 5.32. The van der Waals surface area contributed by atoms with Gasteiger partial charge in [-0.1, -0.05) is 6.07 Å². The molecule has 1 saturated heterocycles. The molecule has 0 saturated carbocycles. The van der Waals surface area contributed by atoms with E-state index in [2.05, 4.69) is 5.32 Å². The van der Waals surface area contributed by atoms with E-state index in [-0.39, 0.29) is 23.9 Å². The van der Waals surface area contributed by atoms with Crippen molar-refractivity contribution in [1.82, 2.24) is 4.90 Å². The topological polar surface area (TPSA) is 49.4 Å². The van der Waals surface area contributed by atoms with Crippen molar-refractivity contribution in [1.29, 1.82) is 0 Å². The quantitative estimate of drug-likeness (QED) is 0.787. The molecule has 2 amide bonds. The highest BCUT2D eigenvalue weighted by Gasteiger charge is 2.36. The fourth-order valence-electron chi connectivity index (χ4n) is 1.81. The van der Waals surface area contributed by atoms with Gasteiger partial charge >= 0.3 is 0 Å². The van der Waals surface area contributed by atoms with Crippen LogP contribution in [0.5, 0.6) is 0 Å². The van der Waals surface area contributed by atoms with Crippen LogP contribution in [0.2, 0.25) is 0 Å². The first-order valence-electron chi connectivity index (χ1n) is 5.32. The summed E-state index contributed by atoms with van der Waals surface area (Å²) in [4.78, 5) is 24.0. The predicted octanol–water partition coefficient (Wildman–Crippen LogP) is 1.30. The standard InChI is InChI=1S/C12H13FN2O2/c1-7-3-4-8(13)9(5-7)14-10-6-11(16)15(2)12(10)17/h3-5,10,14H,6H2,1-2H3. The molecule has 1 aliphatic rings. The molecule has 1 fully saturated rings. The number of likely N-dealkylation sites (tertiary alicyclic amines) is 1. The van der Waals surface area contributed by atoms with Crippen molar-refractivity contribution < 1.29 is 14.0 Å². The summed E-state index contributed by atoms with van der Waals surface area (Å²) in [6.45, 7) is 1.83. The van der Waals surface area contributed by atoms with E-state index in [1.165, 1.54) is 13.1 Å². The van der Waals surface area contributed by atoms with Gasteiger partial charge in [-0.2, -0.15) is 0 Å². The highest BCUT2D eigenvalue weighted by molar-refractivity contribution is 6.06. The Balaban J connectivity index is 2.19. The summed E-state index contributed by atoms with van der Waals surface area (Å²) in [6, 6.07) is 3.94. The number of aryl methyl sites for hydroxylation is 1. The predicted molar refractivity (Wildman–Crippen MR) is 60.9 cm³/mol. The highest BCUT2D eigenvalue weighted by Crippen LogP contribution is 2.20. The van der Waals surface area contributed by atoms with Gasteiger partial charge in [-0.25, -0.2) is 4.39 Å². The van der Waals surface area contributed by atoms with Gasteiger partial charge in [0.05, 0.1) is 12.1 Å². The van der Waals surface area contributed by atoms with Gasteiger partial charge in [-0.15, -0.1) is 0 Å². The van der Waals surface area contributed by atoms with Gasteiger partial charge < -0.3 is 5.32 Å². The summed E-state index contributed by atoms with van der Waals surface area (Å²) in [5.74, 6) is -0.998. The largest absolute Gasteiger partial charge is 0.371 e. The lowest BCUT2D eigenvalue weighted by Gasteiger charge is -2.13. The lowest BCUT2D eigenvalue weighted by atomic mass is 10.2. The molecule has 0 aliphatic carbocycles. The first-order chi connectivity index (χ1) is 7.99. The van der Waals surface area contributed by atoms with Crippen molar-refractivity contribution >= 4 is 17.5 Å². The van der Waals surface area contributed by atoms with Gasteiger partial charge in [-0.05, 0) is 24.6 Å². The van der Waals surface area contributed by atoms with Crippen molar-refractivity contribution in [2.24, 2.45) is 0 Å². The Morgan fingerprint density at radius 3 is 2.71 bits per heavy atom. The minimum atomic E-state index is -0.663. The zero-order valence-electron chi connectivity index (χ0n) is 9.66. The van der Waals surface area contributed by atoms with Crippen LogP contribution in [0.4, 0.5) is 10.1 Å². The second kappa shape index (κ2) is 4.16. The Morgan fingerprint density at radius 1 is 1.41 bits per heavy atom. The molecular weight excluding hydrogens is 223 g/mol. The molecule has 2 rings (SSSR count). The molecule has 1 atom stereocenters. The minimum absolute atomic E-state index is 0.0721. The smallest absolute Gasteiger partial charge is 0.251 e. The van der Waals surface area contributed by atoms with Crippen LogP contribution in [0.1, 0.15) is 12.0 Å². The SMILES string of the molecule is Cc1ccc(F)c(NC2CC(=O)N(C)C2=O)c1. The first kappa shape index (κ1) is 11.6. The van der Waals surface area contributed by atoms with E-state index in [4.69, 9.17) is 0 Å². The number of halogens is 1. The summed E-state index contributed by atoms with van der Waals surface area (Å²) in [7, 11) is 1.43. The van der Waals surface area contributed by atoms with Crippen LogP contribution in [0.3, 0.4) is 0 Å². The summed E-state index contributed by atoms with van der Waals surface area (Å²) in [6.07, 6.45) is 0.0721. The third-order valence-corrected chi connectivity index (χ3v) is 2.83. The summed E-state index contributed by atoms with van der Waals surface area (Å²) in [5, 5.41) is 2.77. The van der Waals surface area contributed by atoms with Gasteiger partial charge in [-0.3, -0.25) is 14.5 Å². The van der Waals surface area contributed by atoms with E-state index in [0.29, 0.717) is 0 Å². The number of hydrogen-bond donors (Lipinski definition) is 1. The number of carbonyl (C=O) groups is 2. The van der Waals surface area contributed by atoms with Crippen molar-refractivity contribution in [2.45, 2.75) is 19.4 Å². The maximum Gasteiger partial charge on any atom is 0.251 e. The number of carbonyl (C=O) groups excluding carboxylic acids is 2. The van der Waals surface area contributed by atoms with Crippen LogP contribution in [-0.4, -0.2) is 29.8 Å². The van der Waals surface area contributed by atoms with Gasteiger partial charge in [0, 0.05) is 7.05 Å². The Kier molecular flexibility index (Phi) is 2.83. The van der Waals surface area contributed by atoms with Gasteiger partial charge in [0.2, 0.25) is 5.91 Å². The fourth-order valence-corrected chi connectivity index (χ4v) is 1.81. The van der Waals surface area contributed by atoms with Crippen LogP contribution in [0.25, 0.3) is 0 Å². The van der Waals surface area contributed by atoms with Crippen molar-refractivity contribution in [3.63, 3.8) is 0 Å². The Morgan fingerprint density at radius 2 is 2.12 bits per heavy atom. The minimum Gasteiger partial charge on any atom is -0.371 e. The zero-order valence-corrected chi connectivity index (χ0v) is 9.66. The van der Waals surface area contributed by atoms with E-state index >= 15 is 0 Å². The number of rotatable bonds is 2. The van der Waals surface area contributed by atoms with E-state index in [0.717, 1.165) is 10.5 Å². The lowest BCUT2D eigenvalue weighted by Crippen LogP contribution is -2.32. The van der Waals surface area contributed by atoms with Crippen LogP contribution in [-0.2, 0) is 9.59 Å². The Labute approximate surface area is 98.4 Å². The number of amides is 2. The molecule has 0 bridgehead atoms. The molecule has 1 heterocycles. The van der Waals surface area contributed by atoms with Crippen LogP contribution < -0.4 is 5.32 Å². The maximum absolute atomic E-state index is 13.5. The Bertz CT molecular complexity index is 487. The fraction of sp³-hybridized carbons (Fsp3) is 0.333. The third kappa shape index (κ3) is 2.13. The molecule has 17 heavy (non-hydrogen) atoms. The van der Waals surface area contributed by atoms with E-state index < -0.39 is 11.9 Å². The molecular formula is C12H13FN2O2. The zero-order chi connectivity index (χ0) is 12.6. The number of hydrogen-bond acceptors (Lipinski definition) is 3. The molecule has 1 aliphatic heterocycles. The highest BCUT2D eigenvalue weighted by atomic mass is 19.1. The second-order valence-electron chi connectivity index (χ2n) is 4.18. The number of anilines is 1. The number of nitrogens with zero attached hydrogens (tertiary/aromatic N) is 1. The van der Waals surface area contributed by atoms with Crippen LogP contribution in [0, 0.1) is 12.7 Å². The molecule has 1 aromatic rings. The van der Waals surface area contributed by atoms with E-state index in [1.807, 2.05) is 6.92 Å². The summed E-state index contributed by atoms with van der Waals surface area (Å²) >= 11 is 0. The molecule has 90 valence electrons. The molecule has 4 nitrogen and oxygen atoms in total. The van der Waals surface area contributed by atoms with Gasteiger partial charge in [0.25, 0.3) is 5.91 Å². The van der Waals surface area contributed by atoms with Crippen molar-refractivity contribution in [3.8, 4) is 0 Å². The van der Waals surface area contributed by atoms with Crippen molar-refractivity contribution in [2.75, 3.05) is 12.4 Å². The lowest BCUT2D eigenvalue weighted by molar-refractivity contribution is -0.136. The Hall–Kier alpha value is -1.91. The maximum atomic E-state index is 13.5. The van der Waals surface area contributed by atoms with E-state index in [9.17, 15) is 14.0 Å². The molecule has 1 aromatic carbocycles. The van der Waals surface area contributed by atoms with Gasteiger partial charge in [0.1, 0.15) is 11.9 Å². The van der Waals surface area contributed by atoms with Crippen LogP contribution >= 0.6 is 0 Å².